The summed E-state index contributed by atoms with van der Waals surface area (Å²) in [7, 11) is 0. The summed E-state index contributed by atoms with van der Waals surface area (Å²) in [6.07, 6.45) is 2.97. The molecule has 0 unspecified atom stereocenters. The highest BCUT2D eigenvalue weighted by Crippen LogP contribution is 2.10. The van der Waals surface area contributed by atoms with Gasteiger partial charge in [0.05, 0.1) is 6.07 Å². The van der Waals surface area contributed by atoms with Crippen LogP contribution in [-0.4, -0.2) is 5.97 Å². The number of benzene rings is 1. The molecule has 0 fully saturated rings. The predicted octanol–water partition coefficient (Wildman–Crippen LogP) is 2.88. The van der Waals surface area contributed by atoms with E-state index in [-0.39, 0.29) is 5.75 Å². The normalized spacial score (nSPS) is 10.7. The number of carbonyl (C=O) groups is 1. The fourth-order valence-corrected chi connectivity index (χ4v) is 1.63. The number of ether oxygens (including phenoxy) is 1. The number of esters is 1. The van der Waals surface area contributed by atoms with E-state index in [0.29, 0.717) is 5.76 Å². The van der Waals surface area contributed by atoms with Gasteiger partial charge in [-0.1, -0.05) is 29.8 Å². The van der Waals surface area contributed by atoms with Crippen LogP contribution >= 0.6 is 0 Å². The first-order chi connectivity index (χ1) is 9.52. The number of rotatable bonds is 3. The van der Waals surface area contributed by atoms with E-state index in [9.17, 15) is 9.59 Å². The molecule has 0 saturated carbocycles. The predicted molar refractivity (Wildman–Crippen MR) is 75.6 cm³/mol. The molecule has 0 aliphatic carbocycles. The highest BCUT2D eigenvalue weighted by atomic mass is 16.5. The number of hydrogen-bond donors (Lipinski definition) is 0. The summed E-state index contributed by atoms with van der Waals surface area (Å²) in [6.45, 7) is 3.60. The van der Waals surface area contributed by atoms with Gasteiger partial charge in [-0.2, -0.15) is 0 Å². The van der Waals surface area contributed by atoms with Crippen LogP contribution in [0.25, 0.3) is 6.08 Å². The maximum absolute atomic E-state index is 11.6. The van der Waals surface area contributed by atoms with Gasteiger partial charge in [-0.3, -0.25) is 0 Å². The zero-order chi connectivity index (χ0) is 14.5. The van der Waals surface area contributed by atoms with Gasteiger partial charge in [-0.05, 0) is 25.5 Å². The lowest BCUT2D eigenvalue weighted by atomic mass is 10.1. The molecule has 0 radical (unpaired) electrons. The van der Waals surface area contributed by atoms with E-state index in [2.05, 4.69) is 0 Å². The van der Waals surface area contributed by atoms with Crippen LogP contribution in [-0.2, 0) is 4.79 Å². The van der Waals surface area contributed by atoms with Gasteiger partial charge in [0, 0.05) is 12.1 Å². The fraction of sp³-hybridized carbons (Fsp3) is 0.125. The summed E-state index contributed by atoms with van der Waals surface area (Å²) < 4.78 is 9.81. The topological polar surface area (TPSA) is 56.5 Å². The van der Waals surface area contributed by atoms with Crippen molar-refractivity contribution < 1.29 is 13.9 Å². The van der Waals surface area contributed by atoms with Gasteiger partial charge in [-0.15, -0.1) is 0 Å². The summed E-state index contributed by atoms with van der Waals surface area (Å²) >= 11 is 0. The van der Waals surface area contributed by atoms with Gasteiger partial charge in [-0.25, -0.2) is 9.59 Å². The Balaban J connectivity index is 2.05. The van der Waals surface area contributed by atoms with E-state index >= 15 is 0 Å². The minimum Gasteiger partial charge on any atom is -0.428 e. The molecule has 0 saturated heterocycles. The van der Waals surface area contributed by atoms with Gasteiger partial charge >= 0.3 is 11.6 Å². The molecule has 1 heterocycles. The Morgan fingerprint density at radius 3 is 2.50 bits per heavy atom. The van der Waals surface area contributed by atoms with Crippen molar-refractivity contribution in [2.45, 2.75) is 13.8 Å². The first-order valence-corrected chi connectivity index (χ1v) is 6.11. The SMILES string of the molecule is Cc1ccc(/C=C/C(=O)Oc2cc(C)oc(=O)c2)cc1. The second kappa shape index (κ2) is 6.02. The lowest BCUT2D eigenvalue weighted by Crippen LogP contribution is -2.07. The molecule has 2 rings (SSSR count). The maximum Gasteiger partial charge on any atom is 0.339 e. The molecule has 0 spiro atoms. The van der Waals surface area contributed by atoms with Crippen LogP contribution in [0.15, 0.2) is 51.7 Å². The van der Waals surface area contributed by atoms with Gasteiger partial charge in [0.15, 0.2) is 0 Å². The molecule has 0 aliphatic rings. The van der Waals surface area contributed by atoms with Crippen molar-refractivity contribution >= 4 is 12.0 Å². The Bertz CT molecular complexity index is 693. The molecule has 0 amide bonds. The van der Waals surface area contributed by atoms with Crippen molar-refractivity contribution in [3.05, 3.63) is 69.8 Å². The first kappa shape index (κ1) is 13.8. The van der Waals surface area contributed by atoms with Crippen LogP contribution in [0.1, 0.15) is 16.9 Å². The molecule has 0 atom stereocenters. The van der Waals surface area contributed by atoms with E-state index in [1.807, 2.05) is 31.2 Å². The summed E-state index contributed by atoms with van der Waals surface area (Å²) in [5.41, 5.74) is 1.50. The standard InChI is InChI=1S/C16H14O4/c1-11-3-5-13(6-4-11)7-8-15(17)20-14-9-12(2)19-16(18)10-14/h3-10H,1-2H3/b8-7+. The monoisotopic (exact) mass is 270 g/mol. The molecule has 1 aromatic heterocycles. The molecule has 20 heavy (non-hydrogen) atoms. The second-order valence-corrected chi connectivity index (χ2v) is 4.39. The summed E-state index contributed by atoms with van der Waals surface area (Å²) in [6, 6.07) is 10.3. The van der Waals surface area contributed by atoms with Gasteiger partial charge < -0.3 is 9.15 Å². The summed E-state index contributed by atoms with van der Waals surface area (Å²) in [5, 5.41) is 0. The summed E-state index contributed by atoms with van der Waals surface area (Å²) in [4.78, 5) is 22.8. The number of hydrogen-bond acceptors (Lipinski definition) is 4. The van der Waals surface area contributed by atoms with Crippen molar-refractivity contribution in [3.8, 4) is 5.75 Å². The Morgan fingerprint density at radius 1 is 1.15 bits per heavy atom. The van der Waals surface area contributed by atoms with E-state index in [1.165, 1.54) is 12.1 Å². The average Bonchev–Trinajstić information content (AvgIpc) is 2.37. The molecule has 102 valence electrons. The molecule has 4 nitrogen and oxygen atoms in total. The first-order valence-electron chi connectivity index (χ1n) is 6.11. The Hall–Kier alpha value is -2.62. The fourth-order valence-electron chi connectivity index (χ4n) is 1.63. The number of aryl methyl sites for hydroxylation is 2. The van der Waals surface area contributed by atoms with Gasteiger partial charge in [0.1, 0.15) is 11.5 Å². The average molecular weight is 270 g/mol. The van der Waals surface area contributed by atoms with Crippen LogP contribution < -0.4 is 10.4 Å². The van der Waals surface area contributed by atoms with E-state index in [4.69, 9.17) is 9.15 Å². The molecule has 0 aliphatic heterocycles. The van der Waals surface area contributed by atoms with Crippen LogP contribution in [0, 0.1) is 13.8 Å². The lowest BCUT2D eigenvalue weighted by Gasteiger charge is -2.00. The quantitative estimate of drug-likeness (QED) is 0.635. The number of carbonyl (C=O) groups excluding carboxylic acids is 1. The van der Waals surface area contributed by atoms with Crippen LogP contribution in [0.2, 0.25) is 0 Å². The second-order valence-electron chi connectivity index (χ2n) is 4.39. The third-order valence-electron chi connectivity index (χ3n) is 2.57. The van der Waals surface area contributed by atoms with Crippen LogP contribution in [0.5, 0.6) is 5.75 Å². The van der Waals surface area contributed by atoms with Gasteiger partial charge in [0.25, 0.3) is 0 Å². The van der Waals surface area contributed by atoms with Crippen molar-refractivity contribution in [2.24, 2.45) is 0 Å². The largest absolute Gasteiger partial charge is 0.428 e. The highest BCUT2D eigenvalue weighted by Gasteiger charge is 2.03. The molecule has 1 aromatic carbocycles. The Morgan fingerprint density at radius 2 is 1.85 bits per heavy atom. The molecule has 4 heteroatoms. The smallest absolute Gasteiger partial charge is 0.339 e. The van der Waals surface area contributed by atoms with Gasteiger partial charge in [0.2, 0.25) is 0 Å². The molecule has 0 N–H and O–H groups in total. The van der Waals surface area contributed by atoms with Crippen molar-refractivity contribution in [2.75, 3.05) is 0 Å². The minimum atomic E-state index is -0.546. The molecule has 0 bridgehead atoms. The third kappa shape index (κ3) is 3.95. The molecule has 2 aromatic rings. The lowest BCUT2D eigenvalue weighted by molar-refractivity contribution is -0.128. The highest BCUT2D eigenvalue weighted by molar-refractivity contribution is 5.88. The molecular weight excluding hydrogens is 256 g/mol. The van der Waals surface area contributed by atoms with E-state index < -0.39 is 11.6 Å². The van der Waals surface area contributed by atoms with E-state index in [1.54, 1.807) is 13.0 Å². The Kier molecular flexibility index (Phi) is 4.15. The molecular formula is C16H14O4. The zero-order valence-electron chi connectivity index (χ0n) is 11.3. The maximum atomic E-state index is 11.6. The zero-order valence-corrected chi connectivity index (χ0v) is 11.3. The van der Waals surface area contributed by atoms with Crippen molar-refractivity contribution in [1.29, 1.82) is 0 Å². The van der Waals surface area contributed by atoms with Crippen LogP contribution in [0.4, 0.5) is 0 Å². The van der Waals surface area contributed by atoms with Crippen molar-refractivity contribution in [3.63, 3.8) is 0 Å². The third-order valence-corrected chi connectivity index (χ3v) is 2.57. The van der Waals surface area contributed by atoms with Crippen molar-refractivity contribution in [1.82, 2.24) is 0 Å². The summed E-state index contributed by atoms with van der Waals surface area (Å²) in [5.74, 6) is 0.0238. The van der Waals surface area contributed by atoms with E-state index in [0.717, 1.165) is 17.2 Å². The Labute approximate surface area is 116 Å². The van der Waals surface area contributed by atoms with Crippen LogP contribution in [0.3, 0.4) is 0 Å². The minimum absolute atomic E-state index is 0.178.